The minimum atomic E-state index is -0.578. The molecule has 0 unspecified atom stereocenters. The van der Waals surface area contributed by atoms with Crippen LogP contribution in [0, 0.1) is 5.92 Å². The number of hydrogen-bond acceptors (Lipinski definition) is 5. The molecule has 0 saturated carbocycles. The second kappa shape index (κ2) is 7.62. The summed E-state index contributed by atoms with van der Waals surface area (Å²) < 4.78 is 16.7. The van der Waals surface area contributed by atoms with Gasteiger partial charge in [0.2, 0.25) is 5.91 Å². The van der Waals surface area contributed by atoms with Crippen molar-refractivity contribution in [2.24, 2.45) is 5.92 Å². The van der Waals surface area contributed by atoms with Crippen LogP contribution in [-0.4, -0.2) is 36.4 Å². The molecule has 7 nitrogen and oxygen atoms in total. The van der Waals surface area contributed by atoms with Crippen molar-refractivity contribution < 1.29 is 23.8 Å². The lowest BCUT2D eigenvalue weighted by molar-refractivity contribution is -0.126. The molecule has 0 spiro atoms. The molecule has 0 radical (unpaired) electrons. The van der Waals surface area contributed by atoms with Crippen LogP contribution < -0.4 is 15.4 Å². The van der Waals surface area contributed by atoms with Gasteiger partial charge in [0.25, 0.3) is 0 Å². The van der Waals surface area contributed by atoms with E-state index in [1.807, 2.05) is 46.8 Å². The molecule has 154 valence electrons. The zero-order valence-corrected chi connectivity index (χ0v) is 17.3. The van der Waals surface area contributed by atoms with E-state index in [0.29, 0.717) is 31.1 Å². The van der Waals surface area contributed by atoms with E-state index in [1.165, 1.54) is 0 Å². The number of nitrogens with one attached hydrogen (secondary N) is 2. The number of hydrogen-bond donors (Lipinski definition) is 2. The second-order valence-corrected chi connectivity index (χ2v) is 9.07. The zero-order chi connectivity index (χ0) is 20.5. The maximum atomic E-state index is 12.6. The highest BCUT2D eigenvalue weighted by molar-refractivity contribution is 5.85. The fraction of sp³-hybridized carbons (Fsp3) is 0.619. The average Bonchev–Trinajstić information content (AvgIpc) is 3.07. The third kappa shape index (κ3) is 5.16. The Balaban J connectivity index is 1.79. The smallest absolute Gasteiger partial charge is 0.412 e. The van der Waals surface area contributed by atoms with Gasteiger partial charge in [-0.25, -0.2) is 4.79 Å². The Bertz CT molecular complexity index is 748. The van der Waals surface area contributed by atoms with Gasteiger partial charge in [-0.3, -0.25) is 10.1 Å². The number of anilines is 1. The third-order valence-electron chi connectivity index (χ3n) is 4.73. The van der Waals surface area contributed by atoms with Gasteiger partial charge in [-0.15, -0.1) is 0 Å². The van der Waals surface area contributed by atoms with Crippen molar-refractivity contribution in [3.05, 3.63) is 23.8 Å². The van der Waals surface area contributed by atoms with Gasteiger partial charge in [0.05, 0.1) is 18.6 Å². The minimum absolute atomic E-state index is 0.00310. The number of amides is 2. The van der Waals surface area contributed by atoms with Gasteiger partial charge in [0.15, 0.2) is 0 Å². The summed E-state index contributed by atoms with van der Waals surface area (Å²) >= 11 is 0. The fourth-order valence-electron chi connectivity index (χ4n) is 3.51. The van der Waals surface area contributed by atoms with Crippen LogP contribution in [-0.2, 0) is 14.3 Å². The van der Waals surface area contributed by atoms with E-state index in [1.54, 1.807) is 6.07 Å². The van der Waals surface area contributed by atoms with Gasteiger partial charge in [-0.2, -0.15) is 0 Å². The van der Waals surface area contributed by atoms with Crippen molar-refractivity contribution in [3.63, 3.8) is 0 Å². The van der Waals surface area contributed by atoms with Crippen LogP contribution in [0.25, 0.3) is 0 Å². The quantitative estimate of drug-likeness (QED) is 0.820. The van der Waals surface area contributed by atoms with Crippen LogP contribution in [0.5, 0.6) is 5.75 Å². The van der Waals surface area contributed by atoms with Crippen molar-refractivity contribution >= 4 is 17.7 Å². The molecular formula is C21H30N2O5. The molecule has 2 aliphatic rings. The summed E-state index contributed by atoms with van der Waals surface area (Å²) in [4.78, 5) is 24.7. The lowest BCUT2D eigenvalue weighted by Gasteiger charge is -2.38. The van der Waals surface area contributed by atoms with E-state index in [2.05, 4.69) is 10.6 Å². The summed E-state index contributed by atoms with van der Waals surface area (Å²) in [6.45, 7) is 10.5. The molecule has 2 amide bonds. The van der Waals surface area contributed by atoms with Crippen molar-refractivity contribution in [1.82, 2.24) is 5.32 Å². The molecule has 3 rings (SSSR count). The molecule has 1 fully saturated rings. The monoisotopic (exact) mass is 390 g/mol. The first-order valence-corrected chi connectivity index (χ1v) is 9.73. The van der Waals surface area contributed by atoms with Gasteiger partial charge in [0.1, 0.15) is 17.0 Å². The van der Waals surface area contributed by atoms with E-state index >= 15 is 0 Å². The van der Waals surface area contributed by atoms with Gasteiger partial charge in [-0.05, 0) is 59.2 Å². The first-order valence-electron chi connectivity index (χ1n) is 9.73. The number of carbonyl (C=O) groups is 2. The lowest BCUT2D eigenvalue weighted by Crippen LogP contribution is -2.43. The van der Waals surface area contributed by atoms with E-state index in [9.17, 15) is 9.59 Å². The van der Waals surface area contributed by atoms with Crippen LogP contribution in [0.3, 0.4) is 0 Å². The molecule has 1 aromatic rings. The normalized spacial score (nSPS) is 23.3. The van der Waals surface area contributed by atoms with E-state index in [-0.39, 0.29) is 17.9 Å². The van der Waals surface area contributed by atoms with E-state index in [0.717, 1.165) is 12.0 Å². The van der Waals surface area contributed by atoms with Gasteiger partial charge in [0, 0.05) is 24.3 Å². The highest BCUT2D eigenvalue weighted by Gasteiger charge is 2.36. The fourth-order valence-corrected chi connectivity index (χ4v) is 3.51. The Morgan fingerprint density at radius 2 is 2.00 bits per heavy atom. The van der Waals surface area contributed by atoms with Gasteiger partial charge in [-0.1, -0.05) is 0 Å². The molecular weight excluding hydrogens is 360 g/mol. The predicted molar refractivity (Wildman–Crippen MR) is 105 cm³/mol. The minimum Gasteiger partial charge on any atom is -0.487 e. The second-order valence-electron chi connectivity index (χ2n) is 9.07. The van der Waals surface area contributed by atoms with Gasteiger partial charge < -0.3 is 19.5 Å². The number of benzene rings is 1. The van der Waals surface area contributed by atoms with Crippen molar-refractivity contribution in [3.8, 4) is 5.75 Å². The Hall–Kier alpha value is -2.28. The molecule has 2 heterocycles. The Kier molecular flexibility index (Phi) is 5.57. The van der Waals surface area contributed by atoms with Crippen molar-refractivity contribution in [1.29, 1.82) is 0 Å². The third-order valence-corrected chi connectivity index (χ3v) is 4.73. The summed E-state index contributed by atoms with van der Waals surface area (Å²) in [6, 6.07) is 5.23. The summed E-state index contributed by atoms with van der Waals surface area (Å²) in [5.41, 5.74) is 0.461. The van der Waals surface area contributed by atoms with Crippen LogP contribution >= 0.6 is 0 Å². The Labute approximate surface area is 166 Å². The molecule has 0 bridgehead atoms. The molecule has 0 aliphatic carbocycles. The van der Waals surface area contributed by atoms with Crippen molar-refractivity contribution in [2.45, 2.75) is 64.7 Å². The highest BCUT2D eigenvalue weighted by atomic mass is 16.6. The maximum absolute atomic E-state index is 12.6. The standard InChI is InChI=1S/C21H30N2O5/c1-20(2,3)28-19(25)22-14-6-7-17-15(10-14)16(11-21(4,5)27-17)23-18(24)13-8-9-26-12-13/h6-7,10,13,16H,8-9,11-12H2,1-5H3,(H,22,25)(H,23,24)/t13-,16+/m0/s1. The molecule has 2 atom stereocenters. The topological polar surface area (TPSA) is 85.9 Å². The molecule has 0 aromatic heterocycles. The molecule has 28 heavy (non-hydrogen) atoms. The lowest BCUT2D eigenvalue weighted by atomic mass is 9.89. The molecule has 1 saturated heterocycles. The number of ether oxygens (including phenoxy) is 3. The van der Waals surface area contributed by atoms with Gasteiger partial charge >= 0.3 is 6.09 Å². The van der Waals surface area contributed by atoms with E-state index < -0.39 is 17.3 Å². The van der Waals surface area contributed by atoms with Crippen LogP contribution in [0.1, 0.15) is 59.1 Å². The summed E-state index contributed by atoms with van der Waals surface area (Å²) in [5.74, 6) is 0.591. The summed E-state index contributed by atoms with van der Waals surface area (Å²) in [6.07, 6.45) is 0.856. The first-order chi connectivity index (χ1) is 13.0. The molecule has 2 N–H and O–H groups in total. The molecule has 1 aromatic carbocycles. The first kappa shape index (κ1) is 20.5. The molecule has 7 heteroatoms. The summed E-state index contributed by atoms with van der Waals surface area (Å²) in [5, 5.41) is 5.90. The zero-order valence-electron chi connectivity index (χ0n) is 17.3. The SMILES string of the molecule is CC(C)(C)OC(=O)Nc1ccc2c(c1)[C@H](NC(=O)[C@H]1CCOC1)CC(C)(C)O2. The Morgan fingerprint density at radius 1 is 1.25 bits per heavy atom. The predicted octanol–water partition coefficient (Wildman–Crippen LogP) is 3.79. The number of rotatable bonds is 3. The molecule has 2 aliphatic heterocycles. The highest BCUT2D eigenvalue weighted by Crippen LogP contribution is 2.41. The number of carbonyl (C=O) groups excluding carboxylic acids is 2. The maximum Gasteiger partial charge on any atom is 0.412 e. The number of fused-ring (bicyclic) bond motifs is 1. The largest absolute Gasteiger partial charge is 0.487 e. The van der Waals surface area contributed by atoms with Crippen LogP contribution in [0.4, 0.5) is 10.5 Å². The van der Waals surface area contributed by atoms with E-state index in [4.69, 9.17) is 14.2 Å². The van der Waals surface area contributed by atoms with Crippen LogP contribution in [0.2, 0.25) is 0 Å². The van der Waals surface area contributed by atoms with Crippen LogP contribution in [0.15, 0.2) is 18.2 Å². The average molecular weight is 390 g/mol. The summed E-state index contributed by atoms with van der Waals surface area (Å²) in [7, 11) is 0. The van der Waals surface area contributed by atoms with Crippen molar-refractivity contribution in [2.75, 3.05) is 18.5 Å². The Morgan fingerprint density at radius 3 is 2.64 bits per heavy atom.